The van der Waals surface area contributed by atoms with E-state index in [0.29, 0.717) is 0 Å². The van der Waals surface area contributed by atoms with Crippen LogP contribution in [0.1, 0.15) is 5.69 Å². The van der Waals surface area contributed by atoms with Crippen LogP contribution in [-0.4, -0.2) is 22.8 Å². The summed E-state index contributed by atoms with van der Waals surface area (Å²) in [5.74, 6) is 0.821. The third kappa shape index (κ3) is 2.79. The monoisotopic (exact) mass is 329 g/mol. The number of hydrogen-bond donors (Lipinski definition) is 1. The van der Waals surface area contributed by atoms with E-state index in [1.165, 1.54) is 5.46 Å². The minimum absolute atomic E-state index is 0.821. The van der Waals surface area contributed by atoms with Crippen molar-refractivity contribution in [3.63, 3.8) is 0 Å². The van der Waals surface area contributed by atoms with Gasteiger partial charge in [0.2, 0.25) is 0 Å². The predicted molar refractivity (Wildman–Crippen MR) is 103 cm³/mol. The molecule has 24 heavy (non-hydrogen) atoms. The second-order valence-corrected chi connectivity index (χ2v) is 6.69. The summed E-state index contributed by atoms with van der Waals surface area (Å²) < 4.78 is 0. The molecule has 1 N–H and O–H groups in total. The van der Waals surface area contributed by atoms with Crippen molar-refractivity contribution in [1.82, 2.24) is 15.0 Å². The average Bonchev–Trinajstić information content (AvgIpc) is 3.22. The van der Waals surface area contributed by atoms with Crippen LogP contribution in [0.4, 0.5) is 0 Å². The normalized spacial score (nSPS) is 10.9. The maximum absolute atomic E-state index is 4.76. The van der Waals surface area contributed by atoms with Crippen molar-refractivity contribution < 1.29 is 0 Å². The number of aromatic nitrogens is 3. The lowest BCUT2D eigenvalue weighted by atomic mass is 9.95. The van der Waals surface area contributed by atoms with Gasteiger partial charge in [-0.05, 0) is 6.92 Å². The molecule has 0 saturated carbocycles. The number of benzene rings is 2. The molecule has 0 unspecified atom stereocenters. The van der Waals surface area contributed by atoms with Gasteiger partial charge in [-0.25, -0.2) is 9.97 Å². The lowest BCUT2D eigenvalue weighted by Gasteiger charge is -1.97. The molecule has 0 spiro atoms. The summed E-state index contributed by atoms with van der Waals surface area (Å²) in [5.41, 5.74) is 6.44. The van der Waals surface area contributed by atoms with Crippen molar-refractivity contribution >= 4 is 24.6 Å². The third-order valence-electron chi connectivity index (χ3n) is 3.94. The number of rotatable bonds is 3. The maximum atomic E-state index is 4.76. The largest absolute Gasteiger partial charge is 0.340 e. The second kappa shape index (κ2) is 6.09. The molecule has 116 valence electrons. The highest BCUT2D eigenvalue weighted by Gasteiger charge is 2.13. The molecule has 0 atom stereocenters. The van der Waals surface area contributed by atoms with Crippen molar-refractivity contribution in [2.45, 2.75) is 6.92 Å². The van der Waals surface area contributed by atoms with Gasteiger partial charge in [0.1, 0.15) is 18.5 Å². The molecule has 0 fully saturated rings. The summed E-state index contributed by atoms with van der Waals surface area (Å²) in [4.78, 5) is 12.9. The van der Waals surface area contributed by atoms with Crippen molar-refractivity contribution in [2.24, 2.45) is 0 Å². The first kappa shape index (κ1) is 14.9. The van der Waals surface area contributed by atoms with Crippen LogP contribution in [0.2, 0.25) is 0 Å². The van der Waals surface area contributed by atoms with Gasteiger partial charge in [0.05, 0.1) is 5.69 Å². The SMILES string of the molecule is Bc1cccc(-c2nc(-c3nc(-c4ccccc4)c(C)[nH]3)cs2)c1. The molecule has 5 heteroatoms. The first-order valence-electron chi connectivity index (χ1n) is 7.85. The third-order valence-corrected chi connectivity index (χ3v) is 4.84. The van der Waals surface area contributed by atoms with E-state index < -0.39 is 0 Å². The topological polar surface area (TPSA) is 41.6 Å². The van der Waals surface area contributed by atoms with E-state index in [1.807, 2.05) is 25.1 Å². The van der Waals surface area contributed by atoms with Crippen molar-refractivity contribution in [1.29, 1.82) is 0 Å². The molecule has 4 rings (SSSR count). The number of nitrogens with one attached hydrogen (secondary N) is 1. The van der Waals surface area contributed by atoms with E-state index in [9.17, 15) is 0 Å². The maximum Gasteiger partial charge on any atom is 0.157 e. The highest BCUT2D eigenvalue weighted by atomic mass is 32.1. The fourth-order valence-corrected chi connectivity index (χ4v) is 3.55. The van der Waals surface area contributed by atoms with Gasteiger partial charge in [-0.3, -0.25) is 0 Å². The quantitative estimate of drug-likeness (QED) is 0.585. The molecular formula is C19H16BN3S. The molecule has 2 aromatic heterocycles. The fourth-order valence-electron chi connectivity index (χ4n) is 2.75. The summed E-state index contributed by atoms with van der Waals surface area (Å²) in [6, 6.07) is 18.6. The number of aryl methyl sites for hydroxylation is 1. The van der Waals surface area contributed by atoms with Gasteiger partial charge < -0.3 is 4.98 Å². The number of hydrogen-bond acceptors (Lipinski definition) is 3. The Morgan fingerprint density at radius 3 is 2.54 bits per heavy atom. The molecule has 0 aliphatic heterocycles. The zero-order chi connectivity index (χ0) is 16.5. The molecule has 0 radical (unpaired) electrons. The molecule has 0 aliphatic carbocycles. The summed E-state index contributed by atoms with van der Waals surface area (Å²) in [7, 11) is 2.10. The zero-order valence-corrected chi connectivity index (χ0v) is 14.4. The van der Waals surface area contributed by atoms with E-state index >= 15 is 0 Å². The van der Waals surface area contributed by atoms with Crippen molar-refractivity contribution in [2.75, 3.05) is 0 Å². The Balaban J connectivity index is 1.71. The standard InChI is InChI=1S/C19H16BN3S/c1-12-17(13-6-3-2-4-7-13)23-18(21-12)16-11-24-19(22-16)14-8-5-9-15(20)10-14/h2-11H,20H2,1H3,(H,21,23). The van der Waals surface area contributed by atoms with Crippen molar-refractivity contribution in [3.8, 4) is 33.3 Å². The lowest BCUT2D eigenvalue weighted by molar-refractivity contribution is 1.23. The van der Waals surface area contributed by atoms with Crippen LogP contribution >= 0.6 is 11.3 Å². The summed E-state index contributed by atoms with van der Waals surface area (Å²) in [5, 5.41) is 3.08. The highest BCUT2D eigenvalue weighted by molar-refractivity contribution is 7.13. The van der Waals surface area contributed by atoms with Crippen LogP contribution in [0, 0.1) is 6.92 Å². The smallest absolute Gasteiger partial charge is 0.157 e. The second-order valence-electron chi connectivity index (χ2n) is 5.83. The average molecular weight is 329 g/mol. The number of nitrogens with zero attached hydrogens (tertiary/aromatic N) is 2. The van der Waals surface area contributed by atoms with Gasteiger partial charge in [0.15, 0.2) is 5.82 Å². The predicted octanol–water partition coefficient (Wildman–Crippen LogP) is 3.43. The van der Waals surface area contributed by atoms with Gasteiger partial charge in [-0.1, -0.05) is 60.1 Å². The Hall–Kier alpha value is -2.66. The van der Waals surface area contributed by atoms with E-state index in [-0.39, 0.29) is 0 Å². The summed E-state index contributed by atoms with van der Waals surface area (Å²) in [6.45, 7) is 2.05. The molecule has 3 nitrogen and oxygen atoms in total. The number of thiazole rings is 1. The Labute approximate surface area is 145 Å². The lowest BCUT2D eigenvalue weighted by Crippen LogP contribution is -2.00. The van der Waals surface area contributed by atoms with Gasteiger partial charge in [-0.15, -0.1) is 11.3 Å². The number of H-pyrrole nitrogens is 1. The molecule has 2 aromatic carbocycles. The number of imidazole rings is 1. The fraction of sp³-hybridized carbons (Fsp3) is 0.0526. The molecule has 0 bridgehead atoms. The van der Waals surface area contributed by atoms with E-state index in [0.717, 1.165) is 39.0 Å². The Bertz CT molecular complexity index is 989. The molecular weight excluding hydrogens is 313 g/mol. The minimum atomic E-state index is 0.821. The molecule has 0 saturated heterocycles. The van der Waals surface area contributed by atoms with E-state index in [1.54, 1.807) is 11.3 Å². The van der Waals surface area contributed by atoms with Gasteiger partial charge in [-0.2, -0.15) is 0 Å². The first-order chi connectivity index (χ1) is 11.7. The van der Waals surface area contributed by atoms with Gasteiger partial charge in [0, 0.05) is 22.2 Å². The van der Waals surface area contributed by atoms with E-state index in [4.69, 9.17) is 9.97 Å². The van der Waals surface area contributed by atoms with Crippen LogP contribution in [0.25, 0.3) is 33.3 Å². The van der Waals surface area contributed by atoms with Gasteiger partial charge in [0.25, 0.3) is 0 Å². The summed E-state index contributed by atoms with van der Waals surface area (Å²) in [6.07, 6.45) is 0. The van der Waals surface area contributed by atoms with Crippen molar-refractivity contribution in [3.05, 3.63) is 65.7 Å². The van der Waals surface area contributed by atoms with Gasteiger partial charge >= 0.3 is 0 Å². The zero-order valence-electron chi connectivity index (χ0n) is 13.6. The van der Waals surface area contributed by atoms with Crippen LogP contribution < -0.4 is 5.46 Å². The van der Waals surface area contributed by atoms with Crippen LogP contribution in [0.15, 0.2) is 60.0 Å². The number of aromatic amines is 1. The molecule has 0 aliphatic rings. The van der Waals surface area contributed by atoms with Crippen LogP contribution in [0.3, 0.4) is 0 Å². The minimum Gasteiger partial charge on any atom is -0.340 e. The van der Waals surface area contributed by atoms with E-state index in [2.05, 4.69) is 54.6 Å². The molecule has 4 aromatic rings. The van der Waals surface area contributed by atoms with Crippen LogP contribution in [-0.2, 0) is 0 Å². The molecule has 2 heterocycles. The first-order valence-corrected chi connectivity index (χ1v) is 8.73. The summed E-state index contributed by atoms with van der Waals surface area (Å²) >= 11 is 1.65. The Morgan fingerprint density at radius 2 is 1.75 bits per heavy atom. The Kier molecular flexibility index (Phi) is 3.79. The Morgan fingerprint density at radius 1 is 0.958 bits per heavy atom. The van der Waals surface area contributed by atoms with Crippen LogP contribution in [0.5, 0.6) is 0 Å². The molecule has 0 amide bonds. The highest BCUT2D eigenvalue weighted by Crippen LogP contribution is 2.29.